The molecule has 2 rings (SSSR count). The van der Waals surface area contributed by atoms with Crippen molar-refractivity contribution in [2.75, 3.05) is 26.3 Å². The number of sulfone groups is 1. The topological polar surface area (TPSA) is 46.6 Å². The van der Waals surface area contributed by atoms with Crippen molar-refractivity contribution in [2.24, 2.45) is 0 Å². The maximum absolute atomic E-state index is 12.1. The second kappa shape index (κ2) is 5.08. The number of hydrogen-bond acceptors (Lipinski definition) is 4. The molecule has 0 N–H and O–H groups in total. The van der Waals surface area contributed by atoms with Gasteiger partial charge in [0, 0.05) is 37.8 Å². The number of rotatable bonds is 3. The van der Waals surface area contributed by atoms with E-state index in [0.29, 0.717) is 32.1 Å². The van der Waals surface area contributed by atoms with Crippen LogP contribution < -0.4 is 0 Å². The molecule has 2 heterocycles. The standard InChI is InChI=1S/C12H21NO3S/c1-10(2)13-7-11(8-13)9-17(14,15)12-3-5-16-6-4-12/h9-10,12H,3-8H2,1-2H3. The first-order chi connectivity index (χ1) is 7.99. The van der Waals surface area contributed by atoms with E-state index in [-0.39, 0.29) is 5.25 Å². The highest BCUT2D eigenvalue weighted by atomic mass is 32.2. The van der Waals surface area contributed by atoms with Crippen molar-refractivity contribution in [3.8, 4) is 0 Å². The summed E-state index contributed by atoms with van der Waals surface area (Å²) in [5, 5.41) is 1.29. The van der Waals surface area contributed by atoms with Crippen LogP contribution in [0.25, 0.3) is 0 Å². The summed E-state index contributed by atoms with van der Waals surface area (Å²) in [6.07, 6.45) is 1.28. The van der Waals surface area contributed by atoms with Crippen molar-refractivity contribution in [1.29, 1.82) is 0 Å². The van der Waals surface area contributed by atoms with Crippen molar-refractivity contribution in [1.82, 2.24) is 4.90 Å². The molecule has 0 radical (unpaired) electrons. The van der Waals surface area contributed by atoms with Crippen LogP contribution in [0.4, 0.5) is 0 Å². The van der Waals surface area contributed by atoms with Crippen molar-refractivity contribution in [3.63, 3.8) is 0 Å². The molecule has 2 aliphatic heterocycles. The zero-order valence-electron chi connectivity index (χ0n) is 10.6. The Morgan fingerprint density at radius 1 is 1.29 bits per heavy atom. The Kier molecular flexibility index (Phi) is 3.90. The lowest BCUT2D eigenvalue weighted by Crippen LogP contribution is -2.45. The number of likely N-dealkylation sites (tertiary alicyclic amines) is 1. The predicted molar refractivity (Wildman–Crippen MR) is 67.6 cm³/mol. The molecule has 0 spiro atoms. The molecular formula is C12H21NO3S. The van der Waals surface area contributed by atoms with E-state index in [9.17, 15) is 8.42 Å². The molecule has 2 saturated heterocycles. The highest BCUT2D eigenvalue weighted by molar-refractivity contribution is 7.94. The smallest absolute Gasteiger partial charge is 0.174 e. The zero-order valence-corrected chi connectivity index (χ0v) is 11.4. The van der Waals surface area contributed by atoms with E-state index in [1.165, 1.54) is 5.41 Å². The maximum Gasteiger partial charge on any atom is 0.174 e. The van der Waals surface area contributed by atoms with Gasteiger partial charge in [0.2, 0.25) is 0 Å². The van der Waals surface area contributed by atoms with Crippen LogP contribution in [0.3, 0.4) is 0 Å². The summed E-state index contributed by atoms with van der Waals surface area (Å²) < 4.78 is 29.4. The zero-order chi connectivity index (χ0) is 12.5. The van der Waals surface area contributed by atoms with Gasteiger partial charge in [0.15, 0.2) is 9.84 Å². The summed E-state index contributed by atoms with van der Waals surface area (Å²) in [7, 11) is -3.06. The van der Waals surface area contributed by atoms with Crippen LogP contribution >= 0.6 is 0 Å². The van der Waals surface area contributed by atoms with E-state index < -0.39 is 9.84 Å². The number of nitrogens with zero attached hydrogens (tertiary/aromatic N) is 1. The summed E-state index contributed by atoms with van der Waals surface area (Å²) >= 11 is 0. The molecule has 2 aliphatic rings. The van der Waals surface area contributed by atoms with Gasteiger partial charge in [0.25, 0.3) is 0 Å². The number of hydrogen-bond donors (Lipinski definition) is 0. The highest BCUT2D eigenvalue weighted by Crippen LogP contribution is 2.23. The Labute approximate surface area is 104 Å². The van der Waals surface area contributed by atoms with Crippen LogP contribution in [0.2, 0.25) is 0 Å². The molecule has 2 fully saturated rings. The summed E-state index contributed by atoms with van der Waals surface area (Å²) in [4.78, 5) is 2.26. The van der Waals surface area contributed by atoms with E-state index in [1.807, 2.05) is 0 Å². The van der Waals surface area contributed by atoms with Gasteiger partial charge in [-0.2, -0.15) is 0 Å². The fraction of sp³-hybridized carbons (Fsp3) is 0.833. The van der Waals surface area contributed by atoms with Crippen molar-refractivity contribution in [3.05, 3.63) is 11.0 Å². The summed E-state index contributed by atoms with van der Waals surface area (Å²) in [6, 6.07) is 0.498. The van der Waals surface area contributed by atoms with Crippen LogP contribution in [-0.4, -0.2) is 50.9 Å². The van der Waals surface area contributed by atoms with Crippen molar-refractivity contribution in [2.45, 2.75) is 38.0 Å². The first-order valence-corrected chi connectivity index (χ1v) is 7.85. The van der Waals surface area contributed by atoms with Gasteiger partial charge >= 0.3 is 0 Å². The van der Waals surface area contributed by atoms with Crippen LogP contribution in [0.15, 0.2) is 11.0 Å². The molecule has 0 atom stereocenters. The van der Waals surface area contributed by atoms with Crippen LogP contribution in [0.1, 0.15) is 26.7 Å². The van der Waals surface area contributed by atoms with E-state index in [0.717, 1.165) is 18.7 Å². The lowest BCUT2D eigenvalue weighted by Gasteiger charge is -2.37. The monoisotopic (exact) mass is 259 g/mol. The summed E-state index contributed by atoms with van der Waals surface area (Å²) in [6.45, 7) is 7.02. The third kappa shape index (κ3) is 3.09. The van der Waals surface area contributed by atoms with Crippen LogP contribution in [0, 0.1) is 0 Å². The molecule has 0 saturated carbocycles. The average molecular weight is 259 g/mol. The van der Waals surface area contributed by atoms with E-state index in [4.69, 9.17) is 4.74 Å². The highest BCUT2D eigenvalue weighted by Gasteiger charge is 2.29. The molecule has 4 nitrogen and oxygen atoms in total. The minimum absolute atomic E-state index is 0.225. The first kappa shape index (κ1) is 13.1. The molecule has 5 heteroatoms. The predicted octanol–water partition coefficient (Wildman–Crippen LogP) is 1.19. The average Bonchev–Trinajstić information content (AvgIpc) is 2.24. The molecule has 0 aromatic rings. The molecule has 0 unspecified atom stereocenters. The third-order valence-electron chi connectivity index (χ3n) is 3.51. The fourth-order valence-corrected chi connectivity index (χ4v) is 3.90. The normalized spacial score (nSPS) is 23.8. The Bertz CT molecular complexity index is 386. The first-order valence-electron chi connectivity index (χ1n) is 6.24. The Morgan fingerprint density at radius 3 is 2.41 bits per heavy atom. The maximum atomic E-state index is 12.1. The SMILES string of the molecule is CC(C)N1CC(=CS(=O)(=O)C2CCOCC2)C1. The minimum atomic E-state index is -3.06. The van der Waals surface area contributed by atoms with Gasteiger partial charge in [-0.3, -0.25) is 4.90 Å². The largest absolute Gasteiger partial charge is 0.381 e. The number of ether oxygens (including phenoxy) is 1. The lowest BCUT2D eigenvalue weighted by atomic mass is 10.1. The second-order valence-electron chi connectivity index (χ2n) is 5.18. The van der Waals surface area contributed by atoms with Crippen molar-refractivity contribution < 1.29 is 13.2 Å². The van der Waals surface area contributed by atoms with Gasteiger partial charge in [0.05, 0.1) is 5.25 Å². The van der Waals surface area contributed by atoms with Gasteiger partial charge in [-0.15, -0.1) is 0 Å². The van der Waals surface area contributed by atoms with E-state index in [2.05, 4.69) is 18.7 Å². The third-order valence-corrected chi connectivity index (χ3v) is 5.57. The quantitative estimate of drug-likeness (QED) is 0.764. The van der Waals surface area contributed by atoms with Crippen LogP contribution in [-0.2, 0) is 14.6 Å². The Hall–Kier alpha value is -0.390. The Morgan fingerprint density at radius 2 is 1.88 bits per heavy atom. The summed E-state index contributed by atoms with van der Waals surface area (Å²) in [5.74, 6) is 0. The van der Waals surface area contributed by atoms with E-state index in [1.54, 1.807) is 0 Å². The van der Waals surface area contributed by atoms with E-state index >= 15 is 0 Å². The molecular weight excluding hydrogens is 238 g/mol. The molecule has 0 aromatic heterocycles. The minimum Gasteiger partial charge on any atom is -0.381 e. The van der Waals surface area contributed by atoms with Gasteiger partial charge < -0.3 is 4.74 Å². The molecule has 0 aromatic carbocycles. The summed E-state index contributed by atoms with van der Waals surface area (Å²) in [5.41, 5.74) is 1.05. The Balaban J connectivity index is 1.96. The molecule has 17 heavy (non-hydrogen) atoms. The van der Waals surface area contributed by atoms with Gasteiger partial charge in [-0.25, -0.2) is 8.42 Å². The van der Waals surface area contributed by atoms with Crippen LogP contribution in [0.5, 0.6) is 0 Å². The molecule has 0 amide bonds. The molecule has 0 bridgehead atoms. The fourth-order valence-electron chi connectivity index (χ4n) is 2.25. The second-order valence-corrected chi connectivity index (χ2v) is 7.26. The van der Waals surface area contributed by atoms with Crippen molar-refractivity contribution >= 4 is 9.84 Å². The lowest BCUT2D eigenvalue weighted by molar-refractivity contribution is 0.0985. The van der Waals surface area contributed by atoms with Gasteiger partial charge in [-0.1, -0.05) is 0 Å². The molecule has 0 aliphatic carbocycles. The van der Waals surface area contributed by atoms with Gasteiger partial charge in [-0.05, 0) is 32.3 Å². The van der Waals surface area contributed by atoms with Gasteiger partial charge in [0.1, 0.15) is 0 Å². The molecule has 98 valence electrons.